The van der Waals surface area contributed by atoms with Crippen molar-refractivity contribution in [3.63, 3.8) is 0 Å². The molecule has 2 saturated heterocycles. The molecule has 3 rings (SSSR count). The van der Waals surface area contributed by atoms with E-state index in [1.54, 1.807) is 12.1 Å². The van der Waals surface area contributed by atoms with Crippen LogP contribution in [-0.4, -0.2) is 42.8 Å². The molecule has 1 aromatic carbocycles. The van der Waals surface area contributed by atoms with Gasteiger partial charge >= 0.3 is 6.09 Å². The van der Waals surface area contributed by atoms with Crippen LogP contribution in [0.25, 0.3) is 0 Å². The number of amides is 1. The molecule has 0 aliphatic carbocycles. The van der Waals surface area contributed by atoms with E-state index in [1.165, 1.54) is 0 Å². The maximum Gasteiger partial charge on any atom is 0.410 e. The zero-order valence-electron chi connectivity index (χ0n) is 15.9. The number of halogens is 2. The molecule has 2 aliphatic heterocycles. The lowest BCUT2D eigenvalue weighted by molar-refractivity contribution is 0.00666. The Morgan fingerprint density at radius 1 is 1.12 bits per heavy atom. The van der Waals surface area contributed by atoms with Crippen LogP contribution in [0.2, 0.25) is 0 Å². The molecule has 1 spiro atoms. The third-order valence-electron chi connectivity index (χ3n) is 5.57. The first-order valence-corrected chi connectivity index (χ1v) is 10.1. The van der Waals surface area contributed by atoms with Crippen LogP contribution < -0.4 is 4.90 Å². The fourth-order valence-electron chi connectivity index (χ4n) is 3.91. The van der Waals surface area contributed by atoms with Gasteiger partial charge in [0.1, 0.15) is 11.4 Å². The summed E-state index contributed by atoms with van der Waals surface area (Å²) in [4.78, 5) is 16.3. The zero-order valence-corrected chi connectivity index (χ0v) is 17.4. The predicted molar refractivity (Wildman–Crippen MR) is 105 cm³/mol. The summed E-state index contributed by atoms with van der Waals surface area (Å²) in [5.74, 6) is -0.214. The Morgan fingerprint density at radius 2 is 1.69 bits per heavy atom. The lowest BCUT2D eigenvalue weighted by Crippen LogP contribution is -2.49. The molecule has 26 heavy (non-hydrogen) atoms. The molecule has 0 atom stereocenters. The fraction of sp³-hybridized carbons (Fsp3) is 0.650. The lowest BCUT2D eigenvalue weighted by Gasteiger charge is -2.47. The maximum atomic E-state index is 13.8. The molecule has 144 valence electrons. The normalized spacial score (nSPS) is 20.3. The summed E-state index contributed by atoms with van der Waals surface area (Å²) in [7, 11) is 0. The number of carbonyl (C=O) groups excluding carboxylic acids is 1. The second-order valence-corrected chi connectivity index (χ2v) is 9.41. The van der Waals surface area contributed by atoms with E-state index in [-0.39, 0.29) is 11.9 Å². The van der Waals surface area contributed by atoms with Crippen LogP contribution in [0.1, 0.15) is 46.5 Å². The number of nitrogens with zero attached hydrogens (tertiary/aromatic N) is 2. The van der Waals surface area contributed by atoms with Gasteiger partial charge < -0.3 is 14.5 Å². The molecule has 0 saturated carbocycles. The van der Waals surface area contributed by atoms with Crippen LogP contribution in [0.5, 0.6) is 0 Å². The summed E-state index contributed by atoms with van der Waals surface area (Å²) in [6.07, 6.45) is 4.03. The lowest BCUT2D eigenvalue weighted by atomic mass is 9.71. The van der Waals surface area contributed by atoms with E-state index in [1.807, 2.05) is 31.7 Å². The fourth-order valence-corrected chi connectivity index (χ4v) is 4.16. The maximum absolute atomic E-state index is 13.8. The van der Waals surface area contributed by atoms with E-state index >= 15 is 0 Å². The first-order chi connectivity index (χ1) is 12.2. The zero-order chi connectivity index (χ0) is 18.9. The number of piperidine rings is 2. The van der Waals surface area contributed by atoms with Crippen LogP contribution in [-0.2, 0) is 4.74 Å². The van der Waals surface area contributed by atoms with E-state index in [0.717, 1.165) is 57.5 Å². The van der Waals surface area contributed by atoms with Gasteiger partial charge in [0.05, 0.1) is 4.47 Å². The highest BCUT2D eigenvalue weighted by molar-refractivity contribution is 9.10. The monoisotopic (exact) mass is 426 g/mol. The van der Waals surface area contributed by atoms with Gasteiger partial charge in [0.15, 0.2) is 0 Å². The van der Waals surface area contributed by atoms with E-state index in [4.69, 9.17) is 4.74 Å². The summed E-state index contributed by atoms with van der Waals surface area (Å²) in [5.41, 5.74) is 0.812. The van der Waals surface area contributed by atoms with Gasteiger partial charge in [-0.2, -0.15) is 0 Å². The molecule has 2 aliphatic rings. The van der Waals surface area contributed by atoms with Gasteiger partial charge in [-0.1, -0.05) is 0 Å². The van der Waals surface area contributed by atoms with Crippen molar-refractivity contribution in [3.8, 4) is 0 Å². The predicted octanol–water partition coefficient (Wildman–Crippen LogP) is 5.21. The Morgan fingerprint density at radius 3 is 2.23 bits per heavy atom. The number of benzene rings is 1. The topological polar surface area (TPSA) is 32.8 Å². The molecule has 1 amide bonds. The van der Waals surface area contributed by atoms with Crippen molar-refractivity contribution in [2.45, 2.75) is 52.1 Å². The van der Waals surface area contributed by atoms with Crippen molar-refractivity contribution in [2.24, 2.45) is 5.41 Å². The number of likely N-dealkylation sites (tertiary alicyclic amines) is 1. The molecular weight excluding hydrogens is 399 g/mol. The van der Waals surface area contributed by atoms with E-state index in [0.29, 0.717) is 9.89 Å². The second-order valence-electron chi connectivity index (χ2n) is 8.55. The first-order valence-electron chi connectivity index (χ1n) is 9.35. The minimum Gasteiger partial charge on any atom is -0.444 e. The molecule has 0 bridgehead atoms. The molecule has 6 heteroatoms. The smallest absolute Gasteiger partial charge is 0.410 e. The van der Waals surface area contributed by atoms with Crippen molar-refractivity contribution in [1.82, 2.24) is 4.90 Å². The van der Waals surface area contributed by atoms with Crippen molar-refractivity contribution in [2.75, 3.05) is 31.1 Å². The van der Waals surface area contributed by atoms with Crippen molar-refractivity contribution in [3.05, 3.63) is 28.5 Å². The van der Waals surface area contributed by atoms with Gasteiger partial charge in [0.25, 0.3) is 0 Å². The van der Waals surface area contributed by atoms with Gasteiger partial charge in [-0.05, 0) is 86.0 Å². The van der Waals surface area contributed by atoms with Crippen molar-refractivity contribution >= 4 is 27.7 Å². The molecule has 2 heterocycles. The van der Waals surface area contributed by atoms with E-state index in [2.05, 4.69) is 20.8 Å². The quantitative estimate of drug-likeness (QED) is 0.617. The van der Waals surface area contributed by atoms with Crippen LogP contribution in [0.3, 0.4) is 0 Å². The van der Waals surface area contributed by atoms with Crippen LogP contribution in [0.4, 0.5) is 14.9 Å². The minimum absolute atomic E-state index is 0.199. The molecule has 0 aromatic heterocycles. The number of hydrogen-bond acceptors (Lipinski definition) is 3. The molecule has 0 radical (unpaired) electrons. The Labute approximate surface area is 163 Å². The Bertz CT molecular complexity index is 656. The largest absolute Gasteiger partial charge is 0.444 e. The third kappa shape index (κ3) is 4.51. The van der Waals surface area contributed by atoms with Crippen LogP contribution in [0, 0.1) is 11.2 Å². The van der Waals surface area contributed by atoms with Gasteiger partial charge in [0, 0.05) is 31.9 Å². The Hall–Kier alpha value is -1.30. The highest BCUT2D eigenvalue weighted by Crippen LogP contribution is 2.42. The summed E-state index contributed by atoms with van der Waals surface area (Å²) in [5, 5.41) is 0. The van der Waals surface area contributed by atoms with E-state index < -0.39 is 5.60 Å². The molecule has 0 N–H and O–H groups in total. The summed E-state index contributed by atoms with van der Waals surface area (Å²) >= 11 is 3.21. The molecule has 1 aromatic rings. The number of rotatable bonds is 1. The summed E-state index contributed by atoms with van der Waals surface area (Å²) < 4.78 is 19.8. The number of carbonyl (C=O) groups is 1. The summed E-state index contributed by atoms with van der Waals surface area (Å²) in [6.45, 7) is 9.11. The number of hydrogen-bond donors (Lipinski definition) is 0. The Kier molecular flexibility index (Phi) is 5.52. The first kappa shape index (κ1) is 19.5. The van der Waals surface area contributed by atoms with Crippen LogP contribution in [0.15, 0.2) is 22.7 Å². The van der Waals surface area contributed by atoms with Gasteiger partial charge in [0.2, 0.25) is 0 Å². The third-order valence-corrected chi connectivity index (χ3v) is 6.21. The number of anilines is 1. The van der Waals surface area contributed by atoms with Gasteiger partial charge in [-0.3, -0.25) is 0 Å². The molecule has 2 fully saturated rings. The Balaban J connectivity index is 1.53. The standard InChI is InChI=1S/C20H28BrFN2O2/c1-19(2,3)26-18(25)24-12-8-20(9-13-24)6-10-23(11-7-20)15-4-5-16(21)17(22)14-15/h4-5,14H,6-13H2,1-3H3. The second kappa shape index (κ2) is 7.37. The van der Waals surface area contributed by atoms with Crippen LogP contribution >= 0.6 is 15.9 Å². The highest BCUT2D eigenvalue weighted by atomic mass is 79.9. The average Bonchev–Trinajstić information content (AvgIpc) is 2.57. The van der Waals surface area contributed by atoms with Gasteiger partial charge in [-0.15, -0.1) is 0 Å². The van der Waals surface area contributed by atoms with Gasteiger partial charge in [-0.25, -0.2) is 9.18 Å². The number of ether oxygens (including phenoxy) is 1. The minimum atomic E-state index is -0.447. The summed E-state index contributed by atoms with van der Waals surface area (Å²) in [6, 6.07) is 5.35. The average molecular weight is 427 g/mol. The van der Waals surface area contributed by atoms with Crippen molar-refractivity contribution in [1.29, 1.82) is 0 Å². The molecule has 0 unspecified atom stereocenters. The molecule has 4 nitrogen and oxygen atoms in total. The van der Waals surface area contributed by atoms with Crippen molar-refractivity contribution < 1.29 is 13.9 Å². The highest BCUT2D eigenvalue weighted by Gasteiger charge is 2.39. The molecular formula is C20H28BrFN2O2. The SMILES string of the molecule is CC(C)(C)OC(=O)N1CCC2(CC1)CCN(c1ccc(Br)c(F)c1)CC2. The van der Waals surface area contributed by atoms with E-state index in [9.17, 15) is 9.18 Å².